The smallest absolute Gasteiger partial charge is 0.332 e. The van der Waals surface area contributed by atoms with Crippen molar-refractivity contribution in [1.29, 1.82) is 0 Å². The maximum absolute atomic E-state index is 13.8. The minimum Gasteiger partial charge on any atom is -0.380 e. The van der Waals surface area contributed by atoms with Gasteiger partial charge in [0.1, 0.15) is 11.6 Å². The summed E-state index contributed by atoms with van der Waals surface area (Å²) < 4.78 is 39.8. The SMILES string of the molecule is CCOCCn1c(=O)n(CCCc2nc(Cc3ccc(F)cc3F)no2)c(=O)c2[nH]c(Cl)nc21. The third-order valence-electron chi connectivity index (χ3n) is 5.14. The van der Waals surface area contributed by atoms with Crippen LogP contribution >= 0.6 is 11.6 Å². The van der Waals surface area contributed by atoms with E-state index in [2.05, 4.69) is 20.1 Å². The number of fused-ring (bicyclic) bond motifs is 1. The van der Waals surface area contributed by atoms with Gasteiger partial charge in [-0.2, -0.15) is 9.97 Å². The number of aromatic nitrogens is 6. The molecule has 3 heterocycles. The van der Waals surface area contributed by atoms with E-state index in [1.807, 2.05) is 6.92 Å². The average Bonchev–Trinajstić information content (AvgIpc) is 3.41. The molecule has 13 heteroatoms. The molecular formula is C21H21ClF2N6O4. The Morgan fingerprint density at radius 1 is 1.18 bits per heavy atom. The third kappa shape index (κ3) is 5.07. The molecule has 34 heavy (non-hydrogen) atoms. The number of hydrogen-bond donors (Lipinski definition) is 1. The second-order valence-corrected chi connectivity index (χ2v) is 7.79. The normalized spacial score (nSPS) is 11.5. The Bertz CT molecular complexity index is 1430. The first kappa shape index (κ1) is 23.8. The molecule has 0 aliphatic rings. The molecule has 0 atom stereocenters. The molecule has 1 N–H and O–H groups in total. The van der Waals surface area contributed by atoms with Gasteiger partial charge in [-0.05, 0) is 36.6 Å². The maximum Gasteiger partial charge on any atom is 0.332 e. The van der Waals surface area contributed by atoms with Gasteiger partial charge in [0.25, 0.3) is 5.56 Å². The molecule has 0 unspecified atom stereocenters. The zero-order chi connectivity index (χ0) is 24.2. The molecule has 10 nitrogen and oxygen atoms in total. The summed E-state index contributed by atoms with van der Waals surface area (Å²) in [7, 11) is 0. The number of halogens is 3. The van der Waals surface area contributed by atoms with Crippen molar-refractivity contribution in [3.05, 3.63) is 73.2 Å². The Morgan fingerprint density at radius 2 is 2.00 bits per heavy atom. The van der Waals surface area contributed by atoms with Crippen LogP contribution in [0.3, 0.4) is 0 Å². The molecule has 180 valence electrons. The van der Waals surface area contributed by atoms with Crippen LogP contribution in [0.2, 0.25) is 5.28 Å². The molecule has 0 amide bonds. The molecule has 4 rings (SSSR count). The summed E-state index contributed by atoms with van der Waals surface area (Å²) in [5.74, 6) is -0.851. The van der Waals surface area contributed by atoms with E-state index in [9.17, 15) is 18.4 Å². The minimum absolute atomic E-state index is 0.00499. The molecule has 0 fully saturated rings. The second-order valence-electron chi connectivity index (χ2n) is 7.43. The first-order valence-corrected chi connectivity index (χ1v) is 11.0. The highest BCUT2D eigenvalue weighted by atomic mass is 35.5. The van der Waals surface area contributed by atoms with Crippen LogP contribution in [0.4, 0.5) is 8.78 Å². The van der Waals surface area contributed by atoms with E-state index in [-0.39, 0.29) is 66.3 Å². The maximum atomic E-state index is 13.8. The number of aryl methyl sites for hydroxylation is 1. The van der Waals surface area contributed by atoms with Crippen LogP contribution < -0.4 is 11.2 Å². The van der Waals surface area contributed by atoms with Crippen LogP contribution in [0.5, 0.6) is 0 Å². The van der Waals surface area contributed by atoms with Crippen molar-refractivity contribution in [3.8, 4) is 0 Å². The molecule has 4 aromatic rings. The van der Waals surface area contributed by atoms with Crippen LogP contribution in [0.25, 0.3) is 11.2 Å². The Hall–Kier alpha value is -3.38. The highest BCUT2D eigenvalue weighted by Crippen LogP contribution is 2.14. The fourth-order valence-corrected chi connectivity index (χ4v) is 3.70. The lowest BCUT2D eigenvalue weighted by Gasteiger charge is -2.11. The number of hydrogen-bond acceptors (Lipinski definition) is 7. The van der Waals surface area contributed by atoms with E-state index < -0.39 is 22.9 Å². The summed E-state index contributed by atoms with van der Waals surface area (Å²) in [5.41, 5.74) is -0.532. The fraction of sp³-hybridized carbons (Fsp3) is 0.381. The van der Waals surface area contributed by atoms with Gasteiger partial charge >= 0.3 is 5.69 Å². The predicted octanol–water partition coefficient (Wildman–Crippen LogP) is 2.46. The Labute approximate surface area is 196 Å². The molecule has 1 aromatic carbocycles. The lowest BCUT2D eigenvalue weighted by molar-refractivity contribution is 0.138. The van der Waals surface area contributed by atoms with Gasteiger partial charge in [0.05, 0.1) is 13.2 Å². The molecule has 0 aliphatic carbocycles. The summed E-state index contributed by atoms with van der Waals surface area (Å²) in [6, 6.07) is 3.27. The van der Waals surface area contributed by atoms with Crippen LogP contribution in [-0.4, -0.2) is 42.5 Å². The standard InChI is InChI=1S/C21H21ClF2N6O4/c1-2-33-9-8-29-18-17(26-20(22)27-18)19(31)30(21(29)32)7-3-4-16-25-15(28-34-16)10-12-5-6-13(23)11-14(12)24/h5-6,11H,2-4,7-10H2,1H3,(H,26,27). The quantitative estimate of drug-likeness (QED) is 0.265. The summed E-state index contributed by atoms with van der Waals surface area (Å²) in [6.45, 7) is 2.89. The predicted molar refractivity (Wildman–Crippen MR) is 118 cm³/mol. The molecule has 0 radical (unpaired) electrons. The number of aromatic amines is 1. The van der Waals surface area contributed by atoms with E-state index in [4.69, 9.17) is 20.9 Å². The Morgan fingerprint density at radius 3 is 2.76 bits per heavy atom. The van der Waals surface area contributed by atoms with Crippen LogP contribution in [0.1, 0.15) is 30.6 Å². The van der Waals surface area contributed by atoms with Gasteiger partial charge in [-0.25, -0.2) is 13.6 Å². The first-order valence-electron chi connectivity index (χ1n) is 10.6. The third-order valence-corrected chi connectivity index (χ3v) is 5.32. The van der Waals surface area contributed by atoms with Gasteiger partial charge in [0.2, 0.25) is 11.2 Å². The van der Waals surface area contributed by atoms with Crippen LogP contribution in [0, 0.1) is 11.6 Å². The van der Waals surface area contributed by atoms with Gasteiger partial charge in [-0.1, -0.05) is 11.2 Å². The van der Waals surface area contributed by atoms with Gasteiger partial charge in [0, 0.05) is 32.1 Å². The fourth-order valence-electron chi connectivity index (χ4n) is 3.52. The van der Waals surface area contributed by atoms with Gasteiger partial charge in [-0.15, -0.1) is 0 Å². The molecule has 3 aromatic heterocycles. The Kier molecular flexibility index (Phi) is 7.17. The molecule has 0 saturated heterocycles. The molecular weight excluding hydrogens is 474 g/mol. The molecule has 0 bridgehead atoms. The van der Waals surface area contributed by atoms with Crippen LogP contribution in [-0.2, 0) is 30.7 Å². The number of rotatable bonds is 10. The zero-order valence-corrected chi connectivity index (χ0v) is 18.9. The van der Waals surface area contributed by atoms with E-state index >= 15 is 0 Å². The zero-order valence-electron chi connectivity index (χ0n) is 18.2. The van der Waals surface area contributed by atoms with Gasteiger partial charge < -0.3 is 14.2 Å². The molecule has 0 spiro atoms. The van der Waals surface area contributed by atoms with E-state index in [1.165, 1.54) is 10.6 Å². The van der Waals surface area contributed by atoms with E-state index in [0.717, 1.165) is 16.7 Å². The highest BCUT2D eigenvalue weighted by molar-refractivity contribution is 6.28. The van der Waals surface area contributed by atoms with Crippen molar-refractivity contribution in [3.63, 3.8) is 0 Å². The Balaban J connectivity index is 1.47. The number of H-pyrrole nitrogens is 1. The summed E-state index contributed by atoms with van der Waals surface area (Å²) in [6.07, 6.45) is 0.670. The highest BCUT2D eigenvalue weighted by Gasteiger charge is 2.17. The number of ether oxygens (including phenoxy) is 1. The average molecular weight is 495 g/mol. The largest absolute Gasteiger partial charge is 0.380 e. The van der Waals surface area contributed by atoms with Crippen molar-refractivity contribution in [2.24, 2.45) is 0 Å². The number of imidazole rings is 1. The topological polar surface area (TPSA) is 121 Å². The molecule has 0 aliphatic heterocycles. The van der Waals surface area contributed by atoms with Crippen LogP contribution in [0.15, 0.2) is 32.3 Å². The van der Waals surface area contributed by atoms with Gasteiger partial charge in [-0.3, -0.25) is 13.9 Å². The summed E-state index contributed by atoms with van der Waals surface area (Å²) in [5, 5.41) is 3.82. The summed E-state index contributed by atoms with van der Waals surface area (Å²) >= 11 is 5.92. The lowest BCUT2D eigenvalue weighted by Crippen LogP contribution is -2.41. The van der Waals surface area contributed by atoms with Crippen molar-refractivity contribution in [2.75, 3.05) is 13.2 Å². The van der Waals surface area contributed by atoms with E-state index in [0.29, 0.717) is 13.0 Å². The van der Waals surface area contributed by atoms with Crippen molar-refractivity contribution >= 4 is 22.8 Å². The minimum atomic E-state index is -0.694. The number of benzene rings is 1. The van der Waals surface area contributed by atoms with Gasteiger partial charge in [0.15, 0.2) is 17.0 Å². The monoisotopic (exact) mass is 494 g/mol. The van der Waals surface area contributed by atoms with Crippen molar-refractivity contribution in [1.82, 2.24) is 29.2 Å². The van der Waals surface area contributed by atoms with E-state index in [1.54, 1.807) is 0 Å². The number of nitrogens with one attached hydrogen (secondary N) is 1. The molecule has 0 saturated carbocycles. The second kappa shape index (κ2) is 10.3. The van der Waals surface area contributed by atoms with Crippen molar-refractivity contribution in [2.45, 2.75) is 39.3 Å². The number of nitrogens with zero attached hydrogens (tertiary/aromatic N) is 5. The summed E-state index contributed by atoms with van der Waals surface area (Å²) in [4.78, 5) is 36.8. The lowest BCUT2D eigenvalue weighted by atomic mass is 10.1. The first-order chi connectivity index (χ1) is 16.4. The van der Waals surface area contributed by atoms with Crippen molar-refractivity contribution < 1.29 is 18.0 Å².